The molecule has 0 bridgehead atoms. The number of aromatic nitrogens is 1. The third-order valence-electron chi connectivity index (χ3n) is 6.62. The van der Waals surface area contributed by atoms with Gasteiger partial charge in [-0.05, 0) is 90.5 Å². The highest BCUT2D eigenvalue weighted by molar-refractivity contribution is 6.06. The summed E-state index contributed by atoms with van der Waals surface area (Å²) in [5, 5.41) is 6.91. The number of nitrogens with zero attached hydrogens (tertiary/aromatic N) is 2. The highest BCUT2D eigenvalue weighted by atomic mass is 16.2. The topological polar surface area (TPSA) is 80.5 Å². The number of rotatable bonds is 7. The van der Waals surface area contributed by atoms with Gasteiger partial charge in [0.1, 0.15) is 0 Å². The Hall–Kier alpha value is -5.04. The number of amides is 2. The van der Waals surface area contributed by atoms with E-state index in [1.165, 1.54) is 0 Å². The van der Waals surface area contributed by atoms with E-state index in [9.17, 15) is 9.59 Å². The molecular formula is C32H31N5O2. The van der Waals surface area contributed by atoms with Crippen molar-refractivity contribution in [3.8, 4) is 11.3 Å². The predicted molar refractivity (Wildman–Crippen MR) is 161 cm³/mol. The van der Waals surface area contributed by atoms with Crippen molar-refractivity contribution < 1.29 is 9.59 Å². The minimum absolute atomic E-state index is 0.155. The molecule has 7 heteroatoms. The molecule has 39 heavy (non-hydrogen) atoms. The van der Waals surface area contributed by atoms with Crippen LogP contribution in [0.4, 0.5) is 22.7 Å². The Labute approximate surface area is 228 Å². The van der Waals surface area contributed by atoms with E-state index in [-0.39, 0.29) is 11.8 Å². The van der Waals surface area contributed by atoms with Crippen molar-refractivity contribution in [1.29, 1.82) is 0 Å². The summed E-state index contributed by atoms with van der Waals surface area (Å²) in [5.41, 5.74) is 7.61. The number of nitrogens with one attached hydrogen (secondary N) is 3. The molecule has 5 rings (SSSR count). The summed E-state index contributed by atoms with van der Waals surface area (Å²) in [7, 11) is 7.89. The molecule has 0 aliphatic rings. The van der Waals surface area contributed by atoms with Crippen molar-refractivity contribution in [2.75, 3.05) is 48.6 Å². The van der Waals surface area contributed by atoms with Gasteiger partial charge in [0, 0.05) is 78.7 Å². The van der Waals surface area contributed by atoms with Crippen LogP contribution >= 0.6 is 0 Å². The summed E-state index contributed by atoms with van der Waals surface area (Å²) in [6.45, 7) is 0. The van der Waals surface area contributed by atoms with Crippen molar-refractivity contribution in [3.05, 3.63) is 108 Å². The third kappa shape index (κ3) is 5.78. The molecule has 0 fully saturated rings. The van der Waals surface area contributed by atoms with Crippen LogP contribution in [0.2, 0.25) is 0 Å². The molecule has 7 nitrogen and oxygen atoms in total. The van der Waals surface area contributed by atoms with E-state index in [1.807, 2.05) is 135 Å². The van der Waals surface area contributed by atoms with Crippen LogP contribution < -0.4 is 20.4 Å². The maximum Gasteiger partial charge on any atom is 0.255 e. The van der Waals surface area contributed by atoms with Crippen LogP contribution in [0.3, 0.4) is 0 Å². The second-order valence-electron chi connectivity index (χ2n) is 9.85. The van der Waals surface area contributed by atoms with Gasteiger partial charge in [0.05, 0.1) is 0 Å². The largest absolute Gasteiger partial charge is 0.378 e. The predicted octanol–water partition coefficient (Wildman–Crippen LogP) is 6.47. The molecule has 0 spiro atoms. The first-order valence-electron chi connectivity index (χ1n) is 12.7. The quantitative estimate of drug-likeness (QED) is 0.231. The van der Waals surface area contributed by atoms with Crippen LogP contribution in [0.1, 0.15) is 20.7 Å². The Morgan fingerprint density at radius 1 is 0.590 bits per heavy atom. The van der Waals surface area contributed by atoms with Crippen LogP contribution in [0.15, 0.2) is 97.1 Å². The number of H-pyrrole nitrogens is 1. The van der Waals surface area contributed by atoms with Gasteiger partial charge in [-0.2, -0.15) is 0 Å². The number of fused-ring (bicyclic) bond motifs is 1. The van der Waals surface area contributed by atoms with E-state index < -0.39 is 0 Å². The highest BCUT2D eigenvalue weighted by Crippen LogP contribution is 2.27. The number of anilines is 4. The molecule has 0 unspecified atom stereocenters. The SMILES string of the molecule is CN(C)c1ccc(NC(=O)c2ccc(-c3cc4cc(NC(=O)c5ccc(N(C)C)cc5)ccc4[nH]3)cc2)cc1. The summed E-state index contributed by atoms with van der Waals surface area (Å²) in [4.78, 5) is 32.9. The fraction of sp³-hybridized carbons (Fsp3) is 0.125. The minimum atomic E-state index is -0.160. The zero-order chi connectivity index (χ0) is 27.5. The second-order valence-corrected chi connectivity index (χ2v) is 9.85. The highest BCUT2D eigenvalue weighted by Gasteiger charge is 2.11. The zero-order valence-electron chi connectivity index (χ0n) is 22.4. The Bertz CT molecular complexity index is 1620. The van der Waals surface area contributed by atoms with Gasteiger partial charge in [-0.1, -0.05) is 12.1 Å². The Balaban J connectivity index is 1.26. The number of hydrogen-bond acceptors (Lipinski definition) is 4. The summed E-state index contributed by atoms with van der Waals surface area (Å²) in [6, 6.07) is 30.5. The molecule has 4 aromatic carbocycles. The van der Waals surface area contributed by atoms with Gasteiger partial charge in [0.2, 0.25) is 0 Å². The lowest BCUT2D eigenvalue weighted by molar-refractivity contribution is 0.101. The smallest absolute Gasteiger partial charge is 0.255 e. The molecule has 0 saturated heterocycles. The molecule has 5 aromatic rings. The number of aromatic amines is 1. The standard InChI is InChI=1S/C32H31N5O2/c1-36(2)27-14-9-23(10-15-27)32(39)34-26-13-18-29-24(19-26)20-30(35-29)21-5-7-22(8-6-21)31(38)33-25-11-16-28(17-12-25)37(3)4/h5-20,35H,1-4H3,(H,33,38)(H,34,39). The van der Waals surface area contributed by atoms with Crippen LogP contribution in [0.5, 0.6) is 0 Å². The molecule has 196 valence electrons. The molecular weight excluding hydrogens is 486 g/mol. The van der Waals surface area contributed by atoms with Crippen molar-refractivity contribution in [2.24, 2.45) is 0 Å². The van der Waals surface area contributed by atoms with E-state index in [2.05, 4.69) is 15.6 Å². The molecule has 0 radical (unpaired) electrons. The van der Waals surface area contributed by atoms with E-state index in [0.717, 1.165) is 44.9 Å². The first-order valence-corrected chi connectivity index (χ1v) is 12.7. The van der Waals surface area contributed by atoms with Crippen molar-refractivity contribution in [3.63, 3.8) is 0 Å². The summed E-state index contributed by atoms with van der Waals surface area (Å²) >= 11 is 0. The van der Waals surface area contributed by atoms with E-state index >= 15 is 0 Å². The lowest BCUT2D eigenvalue weighted by Crippen LogP contribution is -2.13. The third-order valence-corrected chi connectivity index (χ3v) is 6.62. The first kappa shape index (κ1) is 25.6. The minimum Gasteiger partial charge on any atom is -0.378 e. The van der Waals surface area contributed by atoms with Gasteiger partial charge in [0.15, 0.2) is 0 Å². The van der Waals surface area contributed by atoms with Crippen molar-refractivity contribution >= 4 is 45.5 Å². The van der Waals surface area contributed by atoms with Gasteiger partial charge >= 0.3 is 0 Å². The summed E-state index contributed by atoms with van der Waals surface area (Å²) in [6.07, 6.45) is 0. The molecule has 2 amide bonds. The fourth-order valence-corrected chi connectivity index (χ4v) is 4.33. The fourth-order valence-electron chi connectivity index (χ4n) is 4.33. The summed E-state index contributed by atoms with van der Waals surface area (Å²) in [5.74, 6) is -0.314. The average molecular weight is 518 g/mol. The van der Waals surface area contributed by atoms with E-state index in [1.54, 1.807) is 0 Å². The van der Waals surface area contributed by atoms with Crippen molar-refractivity contribution in [1.82, 2.24) is 4.98 Å². The van der Waals surface area contributed by atoms with Crippen molar-refractivity contribution in [2.45, 2.75) is 0 Å². The molecule has 3 N–H and O–H groups in total. The van der Waals surface area contributed by atoms with Gasteiger partial charge in [-0.3, -0.25) is 9.59 Å². The van der Waals surface area contributed by atoms with Crippen LogP contribution in [-0.2, 0) is 0 Å². The maximum absolute atomic E-state index is 12.7. The van der Waals surface area contributed by atoms with Crippen LogP contribution in [-0.4, -0.2) is 45.0 Å². The number of carbonyl (C=O) groups is 2. The Morgan fingerprint density at radius 2 is 1.08 bits per heavy atom. The Kier molecular flexibility index (Phi) is 7.06. The van der Waals surface area contributed by atoms with E-state index in [4.69, 9.17) is 0 Å². The summed E-state index contributed by atoms with van der Waals surface area (Å²) < 4.78 is 0. The molecule has 0 aliphatic carbocycles. The van der Waals surface area contributed by atoms with E-state index in [0.29, 0.717) is 11.1 Å². The molecule has 0 aliphatic heterocycles. The lowest BCUT2D eigenvalue weighted by Gasteiger charge is -2.13. The van der Waals surface area contributed by atoms with Gasteiger partial charge in [-0.25, -0.2) is 0 Å². The molecule has 1 heterocycles. The Morgan fingerprint density at radius 3 is 1.64 bits per heavy atom. The monoisotopic (exact) mass is 517 g/mol. The zero-order valence-corrected chi connectivity index (χ0v) is 22.4. The molecule has 0 saturated carbocycles. The molecule has 1 aromatic heterocycles. The average Bonchev–Trinajstić information content (AvgIpc) is 3.37. The number of hydrogen-bond donors (Lipinski definition) is 3. The maximum atomic E-state index is 12.7. The van der Waals surface area contributed by atoms with Crippen LogP contribution in [0.25, 0.3) is 22.2 Å². The number of carbonyl (C=O) groups excluding carboxylic acids is 2. The van der Waals surface area contributed by atoms with Crippen LogP contribution in [0, 0.1) is 0 Å². The van der Waals surface area contributed by atoms with Gasteiger partial charge in [-0.15, -0.1) is 0 Å². The second kappa shape index (κ2) is 10.8. The van der Waals surface area contributed by atoms with Gasteiger partial charge in [0.25, 0.3) is 11.8 Å². The first-order chi connectivity index (χ1) is 18.8. The van der Waals surface area contributed by atoms with Gasteiger partial charge < -0.3 is 25.4 Å². The molecule has 0 atom stereocenters. The lowest BCUT2D eigenvalue weighted by atomic mass is 10.1. The number of benzene rings is 4. The normalized spacial score (nSPS) is 10.8.